The molecule has 23 heavy (non-hydrogen) atoms. The molecule has 0 saturated carbocycles. The lowest BCUT2D eigenvalue weighted by Gasteiger charge is -2.09. The number of pyridine rings is 1. The predicted octanol–water partition coefficient (Wildman–Crippen LogP) is 3.55. The van der Waals surface area contributed by atoms with Gasteiger partial charge in [-0.15, -0.1) is 0 Å². The van der Waals surface area contributed by atoms with Crippen molar-refractivity contribution < 1.29 is 4.79 Å². The number of anilines is 1. The minimum atomic E-state index is -0.172. The van der Waals surface area contributed by atoms with Gasteiger partial charge in [0.05, 0.1) is 0 Å². The molecule has 3 rings (SSSR count). The number of hydrogen-bond acceptors (Lipinski definition) is 4. The van der Waals surface area contributed by atoms with Gasteiger partial charge in [0.15, 0.2) is 5.16 Å². The third-order valence-corrected chi connectivity index (χ3v) is 4.11. The minimum Gasteiger partial charge on any atom is -0.306 e. The smallest absolute Gasteiger partial charge is 0.256 e. The maximum Gasteiger partial charge on any atom is 0.256 e. The molecule has 0 unspecified atom stereocenters. The Bertz CT molecular complexity index is 827. The maximum atomic E-state index is 12.3. The first-order valence-corrected chi connectivity index (χ1v) is 8.32. The van der Waals surface area contributed by atoms with Gasteiger partial charge >= 0.3 is 0 Å². The van der Waals surface area contributed by atoms with Crippen molar-refractivity contribution in [2.75, 3.05) is 11.6 Å². The number of imidazole rings is 1. The largest absolute Gasteiger partial charge is 0.306 e. The third-order valence-electron chi connectivity index (χ3n) is 3.44. The van der Waals surface area contributed by atoms with E-state index in [1.54, 1.807) is 36.3 Å². The van der Waals surface area contributed by atoms with Gasteiger partial charge in [0.25, 0.3) is 5.91 Å². The van der Waals surface area contributed by atoms with Gasteiger partial charge in [-0.3, -0.25) is 9.36 Å². The Morgan fingerprint density at radius 1 is 1.13 bits per heavy atom. The first-order chi connectivity index (χ1) is 11.2. The predicted molar refractivity (Wildman–Crippen MR) is 92.3 cm³/mol. The zero-order valence-electron chi connectivity index (χ0n) is 12.9. The number of hydrogen-bond donors (Lipinski definition) is 1. The van der Waals surface area contributed by atoms with E-state index in [1.807, 2.05) is 48.2 Å². The second-order valence-electron chi connectivity index (χ2n) is 4.95. The summed E-state index contributed by atoms with van der Waals surface area (Å²) in [5.41, 5.74) is 2.49. The van der Waals surface area contributed by atoms with Gasteiger partial charge < -0.3 is 5.32 Å². The highest BCUT2D eigenvalue weighted by Crippen LogP contribution is 2.19. The van der Waals surface area contributed by atoms with Crippen LogP contribution in [-0.2, 0) is 0 Å². The minimum absolute atomic E-state index is 0.172. The molecule has 2 heterocycles. The van der Waals surface area contributed by atoms with Crippen molar-refractivity contribution in [2.24, 2.45) is 0 Å². The lowest BCUT2D eigenvalue weighted by Crippen LogP contribution is -2.13. The molecule has 6 heteroatoms. The molecule has 0 spiro atoms. The summed E-state index contributed by atoms with van der Waals surface area (Å²) in [6.07, 6.45) is 7.30. The number of aryl methyl sites for hydroxylation is 1. The Balaban J connectivity index is 1.79. The van der Waals surface area contributed by atoms with Crippen molar-refractivity contribution in [3.63, 3.8) is 0 Å². The molecule has 1 aromatic carbocycles. The quantitative estimate of drug-likeness (QED) is 0.746. The number of carbonyl (C=O) groups is 1. The molecule has 0 aliphatic carbocycles. The normalized spacial score (nSPS) is 10.5. The molecule has 1 amide bonds. The van der Waals surface area contributed by atoms with Gasteiger partial charge in [-0.1, -0.05) is 17.8 Å². The van der Waals surface area contributed by atoms with E-state index in [9.17, 15) is 4.79 Å². The molecular formula is C17H16N4OS. The van der Waals surface area contributed by atoms with Crippen molar-refractivity contribution in [2.45, 2.75) is 12.1 Å². The van der Waals surface area contributed by atoms with Crippen molar-refractivity contribution in [1.29, 1.82) is 0 Å². The van der Waals surface area contributed by atoms with Crippen LogP contribution in [0.5, 0.6) is 0 Å². The van der Waals surface area contributed by atoms with Crippen LogP contribution in [0.3, 0.4) is 0 Å². The first-order valence-electron chi connectivity index (χ1n) is 7.10. The number of nitrogens with zero attached hydrogens (tertiary/aromatic N) is 3. The van der Waals surface area contributed by atoms with Gasteiger partial charge in [-0.05, 0) is 49.1 Å². The fraction of sp³-hybridized carbons (Fsp3) is 0.118. The van der Waals surface area contributed by atoms with E-state index in [-0.39, 0.29) is 5.91 Å². The van der Waals surface area contributed by atoms with E-state index in [0.717, 1.165) is 16.4 Å². The number of rotatable bonds is 4. The van der Waals surface area contributed by atoms with Crippen LogP contribution >= 0.6 is 11.8 Å². The Hall–Kier alpha value is -2.60. The van der Waals surface area contributed by atoms with Crippen LogP contribution in [0, 0.1) is 6.92 Å². The van der Waals surface area contributed by atoms with Crippen molar-refractivity contribution in [3.05, 3.63) is 66.1 Å². The SMILES string of the molecule is CSc1nccn1-c1ccc(C(=O)Nc2ncccc2C)cc1. The third kappa shape index (κ3) is 3.27. The monoisotopic (exact) mass is 324 g/mol. The zero-order chi connectivity index (χ0) is 16.2. The van der Waals surface area contributed by atoms with E-state index in [2.05, 4.69) is 15.3 Å². The topological polar surface area (TPSA) is 59.8 Å². The van der Waals surface area contributed by atoms with E-state index < -0.39 is 0 Å². The van der Waals surface area contributed by atoms with Crippen LogP contribution in [0.4, 0.5) is 5.82 Å². The highest BCUT2D eigenvalue weighted by Gasteiger charge is 2.09. The Kier molecular flexibility index (Phi) is 4.43. The standard InChI is InChI=1S/C17H16N4OS/c1-12-4-3-9-18-15(12)20-16(22)13-5-7-14(8-6-13)21-11-10-19-17(21)23-2/h3-11H,1-2H3,(H,18,20,22). The second kappa shape index (κ2) is 6.66. The molecule has 5 nitrogen and oxygen atoms in total. The van der Waals surface area contributed by atoms with Crippen LogP contribution in [0.15, 0.2) is 60.1 Å². The molecule has 0 aliphatic heterocycles. The summed E-state index contributed by atoms with van der Waals surface area (Å²) in [6.45, 7) is 1.91. The van der Waals surface area contributed by atoms with Gasteiger partial charge in [-0.2, -0.15) is 0 Å². The van der Waals surface area contributed by atoms with E-state index in [0.29, 0.717) is 11.4 Å². The van der Waals surface area contributed by atoms with E-state index >= 15 is 0 Å². The van der Waals surface area contributed by atoms with Crippen LogP contribution in [0.2, 0.25) is 0 Å². The molecular weight excluding hydrogens is 308 g/mol. The van der Waals surface area contributed by atoms with Crippen molar-refractivity contribution in [1.82, 2.24) is 14.5 Å². The average molecular weight is 324 g/mol. The molecule has 116 valence electrons. The Labute approximate surface area is 138 Å². The molecule has 1 N–H and O–H groups in total. The fourth-order valence-electron chi connectivity index (χ4n) is 2.21. The number of amides is 1. The fourth-order valence-corrected chi connectivity index (χ4v) is 2.74. The van der Waals surface area contributed by atoms with Crippen LogP contribution in [0.25, 0.3) is 5.69 Å². The van der Waals surface area contributed by atoms with Crippen molar-refractivity contribution in [3.8, 4) is 5.69 Å². The van der Waals surface area contributed by atoms with Gasteiger partial charge in [-0.25, -0.2) is 9.97 Å². The highest BCUT2D eigenvalue weighted by molar-refractivity contribution is 7.98. The average Bonchev–Trinajstić information content (AvgIpc) is 3.05. The molecule has 0 atom stereocenters. The zero-order valence-corrected chi connectivity index (χ0v) is 13.7. The summed E-state index contributed by atoms with van der Waals surface area (Å²) in [6, 6.07) is 11.2. The maximum absolute atomic E-state index is 12.3. The number of thioether (sulfide) groups is 1. The van der Waals surface area contributed by atoms with Gasteiger partial charge in [0, 0.05) is 29.8 Å². The highest BCUT2D eigenvalue weighted by atomic mass is 32.2. The summed E-state index contributed by atoms with van der Waals surface area (Å²) in [5.74, 6) is 0.412. The lowest BCUT2D eigenvalue weighted by molar-refractivity contribution is 0.102. The lowest BCUT2D eigenvalue weighted by atomic mass is 10.2. The Morgan fingerprint density at radius 2 is 1.91 bits per heavy atom. The summed E-state index contributed by atoms with van der Waals surface area (Å²) in [7, 11) is 0. The van der Waals surface area contributed by atoms with Crippen LogP contribution < -0.4 is 5.32 Å². The molecule has 0 fully saturated rings. The Morgan fingerprint density at radius 3 is 2.61 bits per heavy atom. The van der Waals surface area contributed by atoms with Crippen LogP contribution in [0.1, 0.15) is 15.9 Å². The molecule has 0 saturated heterocycles. The number of aromatic nitrogens is 3. The second-order valence-corrected chi connectivity index (χ2v) is 5.73. The molecule has 2 aromatic heterocycles. The number of nitrogens with one attached hydrogen (secondary N) is 1. The number of benzene rings is 1. The molecule has 0 radical (unpaired) electrons. The molecule has 3 aromatic rings. The van der Waals surface area contributed by atoms with E-state index in [4.69, 9.17) is 0 Å². The first kappa shape index (κ1) is 15.3. The molecule has 0 bridgehead atoms. The summed E-state index contributed by atoms with van der Waals surface area (Å²) >= 11 is 1.58. The van der Waals surface area contributed by atoms with Crippen LogP contribution in [-0.4, -0.2) is 26.7 Å². The summed E-state index contributed by atoms with van der Waals surface area (Å²) in [5, 5.41) is 3.74. The number of carbonyl (C=O) groups excluding carboxylic acids is 1. The summed E-state index contributed by atoms with van der Waals surface area (Å²) in [4.78, 5) is 20.8. The van der Waals surface area contributed by atoms with Crippen molar-refractivity contribution >= 4 is 23.5 Å². The van der Waals surface area contributed by atoms with Gasteiger partial charge in [0.2, 0.25) is 0 Å². The summed E-state index contributed by atoms with van der Waals surface area (Å²) < 4.78 is 1.98. The van der Waals surface area contributed by atoms with Gasteiger partial charge in [0.1, 0.15) is 5.82 Å². The molecule has 0 aliphatic rings. The van der Waals surface area contributed by atoms with E-state index in [1.165, 1.54) is 0 Å².